The predicted molar refractivity (Wildman–Crippen MR) is 95.0 cm³/mol. The van der Waals surface area contributed by atoms with Crippen molar-refractivity contribution in [3.05, 3.63) is 29.8 Å². The van der Waals surface area contributed by atoms with E-state index in [0.29, 0.717) is 25.0 Å². The first kappa shape index (κ1) is 15.7. The highest BCUT2D eigenvalue weighted by Gasteiger charge is 2.34. The summed E-state index contributed by atoms with van der Waals surface area (Å²) in [6, 6.07) is 5.88. The second-order valence-electron chi connectivity index (χ2n) is 7.38. The van der Waals surface area contributed by atoms with E-state index in [9.17, 15) is 0 Å². The van der Waals surface area contributed by atoms with Gasteiger partial charge >= 0.3 is 0 Å². The topological polar surface area (TPSA) is 70.8 Å². The number of ether oxygens (including phenoxy) is 2. The Morgan fingerprint density at radius 1 is 1.12 bits per heavy atom. The van der Waals surface area contributed by atoms with E-state index in [-0.39, 0.29) is 6.10 Å². The van der Waals surface area contributed by atoms with Crippen LogP contribution in [0, 0.1) is 5.92 Å². The Balaban J connectivity index is 1.52. The zero-order valence-corrected chi connectivity index (χ0v) is 15.0. The van der Waals surface area contributed by atoms with Crippen molar-refractivity contribution in [2.24, 2.45) is 11.1 Å². The average molecular weight is 354 g/mol. The molecule has 26 heavy (non-hydrogen) atoms. The third-order valence-electron chi connectivity index (χ3n) is 5.01. The Morgan fingerprint density at radius 2 is 1.92 bits per heavy atom. The van der Waals surface area contributed by atoms with Crippen molar-refractivity contribution in [1.82, 2.24) is 14.8 Å². The molecule has 7 heteroatoms. The van der Waals surface area contributed by atoms with Gasteiger partial charge in [0.15, 0.2) is 29.3 Å². The quantitative estimate of drug-likeness (QED) is 0.842. The maximum absolute atomic E-state index is 5.73. The number of hydrogen-bond acceptors (Lipinski definition) is 6. The van der Waals surface area contributed by atoms with E-state index in [2.05, 4.69) is 19.0 Å². The van der Waals surface area contributed by atoms with Gasteiger partial charge in [0.1, 0.15) is 13.2 Å². The van der Waals surface area contributed by atoms with E-state index < -0.39 is 0 Å². The van der Waals surface area contributed by atoms with Gasteiger partial charge in [0.25, 0.3) is 0 Å². The Bertz CT molecular complexity index is 870. The molecule has 0 N–H and O–H groups in total. The van der Waals surface area contributed by atoms with Crippen LogP contribution in [0.25, 0.3) is 5.69 Å². The van der Waals surface area contributed by atoms with E-state index >= 15 is 0 Å². The van der Waals surface area contributed by atoms with Crippen LogP contribution in [0.2, 0.25) is 0 Å². The number of nitrogens with zero attached hydrogens (tertiary/aromatic N) is 4. The highest BCUT2D eigenvalue weighted by Crippen LogP contribution is 2.40. The van der Waals surface area contributed by atoms with Gasteiger partial charge in [0.05, 0.1) is 11.4 Å². The zero-order valence-electron chi connectivity index (χ0n) is 15.0. The average Bonchev–Trinajstić information content (AvgIpc) is 3.21. The summed E-state index contributed by atoms with van der Waals surface area (Å²) >= 11 is 0. The fourth-order valence-electron chi connectivity index (χ4n) is 3.29. The van der Waals surface area contributed by atoms with E-state index in [0.717, 1.165) is 53.8 Å². The molecule has 136 valence electrons. The number of fused-ring (bicyclic) bond motifs is 1. The van der Waals surface area contributed by atoms with Crippen LogP contribution in [0.4, 0.5) is 0 Å². The molecule has 0 amide bonds. The highest BCUT2D eigenvalue weighted by molar-refractivity contribution is 5.87. The highest BCUT2D eigenvalue weighted by atomic mass is 16.6. The zero-order chi connectivity index (χ0) is 17.7. The summed E-state index contributed by atoms with van der Waals surface area (Å²) in [5.41, 5.74) is 1.98. The minimum absolute atomic E-state index is 0.194. The number of benzene rings is 1. The third kappa shape index (κ3) is 2.71. The van der Waals surface area contributed by atoms with Crippen molar-refractivity contribution in [2.75, 3.05) is 13.2 Å². The van der Waals surface area contributed by atoms with Gasteiger partial charge in [-0.2, -0.15) is 5.10 Å². The lowest BCUT2D eigenvalue weighted by atomic mass is 10.0. The number of aromatic nitrogens is 3. The molecule has 3 heterocycles. The van der Waals surface area contributed by atoms with Crippen LogP contribution in [-0.4, -0.2) is 33.7 Å². The maximum Gasteiger partial charge on any atom is 0.192 e. The van der Waals surface area contributed by atoms with Crippen molar-refractivity contribution in [2.45, 2.75) is 45.1 Å². The largest absolute Gasteiger partial charge is 0.486 e. The van der Waals surface area contributed by atoms with Crippen LogP contribution < -0.4 is 9.47 Å². The molecule has 3 aliphatic rings. The van der Waals surface area contributed by atoms with Gasteiger partial charge in [-0.25, -0.2) is 9.67 Å². The lowest BCUT2D eigenvalue weighted by Gasteiger charge is -2.19. The van der Waals surface area contributed by atoms with Gasteiger partial charge in [0.2, 0.25) is 0 Å². The molecule has 0 spiro atoms. The lowest BCUT2D eigenvalue weighted by Crippen LogP contribution is -2.16. The van der Waals surface area contributed by atoms with E-state index in [4.69, 9.17) is 24.4 Å². The summed E-state index contributed by atoms with van der Waals surface area (Å²) in [5.74, 6) is 4.06. The number of rotatable bonds is 4. The Kier molecular flexibility index (Phi) is 3.62. The minimum Gasteiger partial charge on any atom is -0.486 e. The second-order valence-corrected chi connectivity index (χ2v) is 7.38. The van der Waals surface area contributed by atoms with Crippen LogP contribution in [0.15, 0.2) is 23.4 Å². The molecule has 7 nitrogen and oxygen atoms in total. The molecular formula is C19H22N4O3. The molecule has 2 aromatic rings. The second kappa shape index (κ2) is 6.00. The summed E-state index contributed by atoms with van der Waals surface area (Å²) in [7, 11) is 0. The molecule has 1 aliphatic carbocycles. The molecule has 2 aliphatic heterocycles. The first-order valence-corrected chi connectivity index (χ1v) is 9.28. The summed E-state index contributed by atoms with van der Waals surface area (Å²) in [6.07, 6.45) is 2.87. The molecule has 0 bridgehead atoms. The third-order valence-corrected chi connectivity index (χ3v) is 5.01. The van der Waals surface area contributed by atoms with Gasteiger partial charge in [-0.15, -0.1) is 0 Å². The van der Waals surface area contributed by atoms with Gasteiger partial charge in [0, 0.05) is 18.4 Å². The van der Waals surface area contributed by atoms with E-state index in [1.165, 1.54) is 0 Å². The number of oxime groups is 1. The van der Waals surface area contributed by atoms with Crippen LogP contribution in [0.5, 0.6) is 11.5 Å². The normalized spacial score (nSPS) is 21.7. The molecule has 1 aromatic carbocycles. The number of hydrogen-bond donors (Lipinski definition) is 0. The van der Waals surface area contributed by atoms with E-state index in [1.807, 2.05) is 22.9 Å². The maximum atomic E-state index is 5.73. The molecule has 0 unspecified atom stereocenters. The minimum atomic E-state index is -0.194. The summed E-state index contributed by atoms with van der Waals surface area (Å²) in [6.45, 7) is 5.40. The van der Waals surface area contributed by atoms with Crippen LogP contribution in [-0.2, 0) is 4.84 Å². The van der Waals surface area contributed by atoms with Gasteiger partial charge in [-0.3, -0.25) is 0 Å². The standard InChI is InChI=1S/C19H22N4O3/c1-11(2)14-10-17(26-22-14)19-20-18(12-3-4-12)21-23(19)13-5-6-15-16(9-13)25-8-7-24-15/h5-6,9,11-12,17H,3-4,7-8,10H2,1-2H3/t17-/m1/s1. The van der Waals surface area contributed by atoms with Crippen LogP contribution >= 0.6 is 0 Å². The molecule has 5 rings (SSSR count). The molecule has 0 saturated heterocycles. The Hall–Kier alpha value is -2.57. The Labute approximate surface area is 152 Å². The van der Waals surface area contributed by atoms with Crippen LogP contribution in [0.1, 0.15) is 56.8 Å². The SMILES string of the molecule is CC(C)C1=NO[C@@H](c2nc(C3CC3)nn2-c2ccc3c(c2)OCCO3)C1. The molecule has 1 aromatic heterocycles. The molecule has 1 fully saturated rings. The molecule has 1 atom stereocenters. The fraction of sp³-hybridized carbons (Fsp3) is 0.526. The lowest BCUT2D eigenvalue weighted by molar-refractivity contribution is 0.0774. The predicted octanol–water partition coefficient (Wildman–Crippen LogP) is 3.39. The van der Waals surface area contributed by atoms with Gasteiger partial charge in [-0.1, -0.05) is 19.0 Å². The Morgan fingerprint density at radius 3 is 2.65 bits per heavy atom. The van der Waals surface area contributed by atoms with Crippen molar-refractivity contribution in [1.29, 1.82) is 0 Å². The van der Waals surface area contributed by atoms with Crippen molar-refractivity contribution in [3.63, 3.8) is 0 Å². The first-order chi connectivity index (χ1) is 12.7. The monoisotopic (exact) mass is 354 g/mol. The fourth-order valence-corrected chi connectivity index (χ4v) is 3.29. The van der Waals surface area contributed by atoms with Gasteiger partial charge < -0.3 is 14.3 Å². The molecular weight excluding hydrogens is 332 g/mol. The van der Waals surface area contributed by atoms with Crippen LogP contribution in [0.3, 0.4) is 0 Å². The smallest absolute Gasteiger partial charge is 0.192 e. The summed E-state index contributed by atoms with van der Waals surface area (Å²) in [5, 5.41) is 9.04. The van der Waals surface area contributed by atoms with Crippen molar-refractivity contribution >= 4 is 5.71 Å². The molecule has 1 saturated carbocycles. The van der Waals surface area contributed by atoms with Gasteiger partial charge in [-0.05, 0) is 30.9 Å². The summed E-state index contributed by atoms with van der Waals surface area (Å²) in [4.78, 5) is 10.5. The molecule has 0 radical (unpaired) electrons. The van der Waals surface area contributed by atoms with Crippen molar-refractivity contribution in [3.8, 4) is 17.2 Å². The first-order valence-electron chi connectivity index (χ1n) is 9.28. The van der Waals surface area contributed by atoms with E-state index in [1.54, 1.807) is 0 Å². The summed E-state index contributed by atoms with van der Waals surface area (Å²) < 4.78 is 13.2. The van der Waals surface area contributed by atoms with Crippen molar-refractivity contribution < 1.29 is 14.3 Å².